The zero-order valence-electron chi connectivity index (χ0n) is 16.2. The molecule has 0 spiro atoms. The van der Waals surface area contributed by atoms with E-state index in [2.05, 4.69) is 25.3 Å². The number of aromatic nitrogens is 1. The number of aldehydes is 1. The fourth-order valence-corrected chi connectivity index (χ4v) is 2.81. The molecule has 2 aromatic rings. The SMILES string of the molecule is CC(C)[CH]Cc1nc(OCCC2CC2)c(OCc2ccccc2)cc1C=O. The van der Waals surface area contributed by atoms with Crippen molar-refractivity contribution in [2.45, 2.75) is 46.1 Å². The minimum atomic E-state index is 0.414. The number of carbonyl (C=O) groups is 1. The maximum atomic E-state index is 11.6. The molecule has 1 fully saturated rings. The van der Waals surface area contributed by atoms with Crippen LogP contribution in [0.1, 0.15) is 54.7 Å². The van der Waals surface area contributed by atoms with Gasteiger partial charge < -0.3 is 9.47 Å². The van der Waals surface area contributed by atoms with Crippen LogP contribution in [0.3, 0.4) is 0 Å². The number of rotatable bonds is 11. The molecule has 0 aliphatic heterocycles. The van der Waals surface area contributed by atoms with Crippen LogP contribution in [-0.2, 0) is 13.0 Å². The lowest BCUT2D eigenvalue weighted by Gasteiger charge is -2.15. The Balaban J connectivity index is 1.77. The second-order valence-corrected chi connectivity index (χ2v) is 7.48. The van der Waals surface area contributed by atoms with E-state index in [1.54, 1.807) is 6.07 Å². The monoisotopic (exact) mass is 366 g/mol. The van der Waals surface area contributed by atoms with Crippen LogP contribution < -0.4 is 9.47 Å². The van der Waals surface area contributed by atoms with Gasteiger partial charge in [-0.05, 0) is 42.7 Å². The van der Waals surface area contributed by atoms with E-state index in [1.165, 1.54) is 12.8 Å². The van der Waals surface area contributed by atoms with Crippen molar-refractivity contribution >= 4 is 6.29 Å². The summed E-state index contributed by atoms with van der Waals surface area (Å²) < 4.78 is 11.9. The highest BCUT2D eigenvalue weighted by atomic mass is 16.5. The number of carbonyl (C=O) groups excluding carboxylic acids is 1. The van der Waals surface area contributed by atoms with Crippen LogP contribution in [0.4, 0.5) is 0 Å². The molecule has 1 saturated carbocycles. The van der Waals surface area contributed by atoms with Crippen molar-refractivity contribution < 1.29 is 14.3 Å². The zero-order chi connectivity index (χ0) is 19.1. The molecule has 1 aliphatic rings. The van der Waals surface area contributed by atoms with Gasteiger partial charge in [-0.2, -0.15) is 0 Å². The highest BCUT2D eigenvalue weighted by molar-refractivity contribution is 5.77. The van der Waals surface area contributed by atoms with Gasteiger partial charge in [-0.1, -0.05) is 57.0 Å². The summed E-state index contributed by atoms with van der Waals surface area (Å²) in [6, 6.07) is 11.7. The summed E-state index contributed by atoms with van der Waals surface area (Å²) >= 11 is 0. The molecule has 4 nitrogen and oxygen atoms in total. The predicted molar refractivity (Wildman–Crippen MR) is 106 cm³/mol. The van der Waals surface area contributed by atoms with Gasteiger partial charge in [-0.25, -0.2) is 4.98 Å². The molecular formula is C23H28NO3. The average Bonchev–Trinajstić information content (AvgIpc) is 3.50. The number of ether oxygens (including phenoxy) is 2. The molecule has 3 rings (SSSR count). The summed E-state index contributed by atoms with van der Waals surface area (Å²) in [6.07, 6.45) is 7.28. The van der Waals surface area contributed by atoms with Crippen LogP contribution in [0.2, 0.25) is 0 Å². The molecule has 1 radical (unpaired) electrons. The maximum Gasteiger partial charge on any atom is 0.257 e. The Bertz CT molecular complexity index is 739. The van der Waals surface area contributed by atoms with Crippen molar-refractivity contribution in [3.05, 3.63) is 59.6 Å². The molecule has 143 valence electrons. The molecule has 1 aromatic carbocycles. The maximum absolute atomic E-state index is 11.6. The lowest BCUT2D eigenvalue weighted by molar-refractivity contribution is 0.112. The number of hydrogen-bond donors (Lipinski definition) is 0. The summed E-state index contributed by atoms with van der Waals surface area (Å²) in [5, 5.41) is 0. The lowest BCUT2D eigenvalue weighted by Crippen LogP contribution is -2.08. The molecule has 0 amide bonds. The topological polar surface area (TPSA) is 48.4 Å². The number of nitrogens with zero attached hydrogens (tertiary/aromatic N) is 1. The molecule has 0 N–H and O–H groups in total. The van der Waals surface area contributed by atoms with Gasteiger partial charge in [0.1, 0.15) is 6.61 Å². The number of pyridine rings is 1. The van der Waals surface area contributed by atoms with Crippen LogP contribution in [0.25, 0.3) is 0 Å². The normalized spacial score (nSPS) is 13.6. The van der Waals surface area contributed by atoms with Gasteiger partial charge in [0.25, 0.3) is 5.88 Å². The van der Waals surface area contributed by atoms with Crippen molar-refractivity contribution in [2.24, 2.45) is 11.8 Å². The van der Waals surface area contributed by atoms with Crippen molar-refractivity contribution in [3.8, 4) is 11.6 Å². The standard InChI is InChI=1S/C23H28NO3/c1-17(2)8-11-21-20(15-25)14-22(27-16-19-6-4-3-5-7-19)23(24-21)26-13-12-18-9-10-18/h3-8,14-15,17-18H,9-13,16H2,1-2H3. The molecular weight excluding hydrogens is 338 g/mol. The van der Waals surface area contributed by atoms with Gasteiger partial charge in [-0.3, -0.25) is 4.79 Å². The van der Waals surface area contributed by atoms with E-state index in [9.17, 15) is 4.79 Å². The molecule has 0 atom stereocenters. The largest absolute Gasteiger partial charge is 0.483 e. The molecule has 1 heterocycles. The minimum absolute atomic E-state index is 0.414. The fourth-order valence-electron chi connectivity index (χ4n) is 2.81. The molecule has 4 heteroatoms. The summed E-state index contributed by atoms with van der Waals surface area (Å²) in [4.78, 5) is 16.2. The first-order valence-corrected chi connectivity index (χ1v) is 9.77. The fraction of sp³-hybridized carbons (Fsp3) is 0.435. The van der Waals surface area contributed by atoms with Crippen molar-refractivity contribution in [1.29, 1.82) is 0 Å². The average molecular weight is 366 g/mol. The van der Waals surface area contributed by atoms with E-state index < -0.39 is 0 Å². The highest BCUT2D eigenvalue weighted by Crippen LogP contribution is 2.34. The van der Waals surface area contributed by atoms with E-state index >= 15 is 0 Å². The first kappa shape index (κ1) is 19.4. The smallest absolute Gasteiger partial charge is 0.257 e. The minimum Gasteiger partial charge on any atom is -0.483 e. The van der Waals surface area contributed by atoms with Crippen molar-refractivity contribution in [2.75, 3.05) is 6.61 Å². The Morgan fingerprint density at radius 2 is 1.96 bits per heavy atom. The van der Waals surface area contributed by atoms with Gasteiger partial charge in [0.15, 0.2) is 12.0 Å². The van der Waals surface area contributed by atoms with Gasteiger partial charge >= 0.3 is 0 Å². The zero-order valence-corrected chi connectivity index (χ0v) is 16.2. The van der Waals surface area contributed by atoms with E-state index in [1.807, 2.05) is 30.3 Å². The van der Waals surface area contributed by atoms with E-state index in [-0.39, 0.29) is 0 Å². The Kier molecular flexibility index (Phi) is 6.86. The second kappa shape index (κ2) is 9.54. The first-order valence-electron chi connectivity index (χ1n) is 9.77. The molecule has 0 saturated heterocycles. The van der Waals surface area contributed by atoms with Gasteiger partial charge in [0, 0.05) is 5.56 Å². The van der Waals surface area contributed by atoms with Gasteiger partial charge in [-0.15, -0.1) is 0 Å². The summed E-state index contributed by atoms with van der Waals surface area (Å²) in [7, 11) is 0. The quantitative estimate of drug-likeness (QED) is 0.522. The summed E-state index contributed by atoms with van der Waals surface area (Å²) in [6.45, 7) is 5.28. The van der Waals surface area contributed by atoms with Crippen LogP contribution in [-0.4, -0.2) is 17.9 Å². The third-order valence-corrected chi connectivity index (χ3v) is 4.68. The molecule has 27 heavy (non-hydrogen) atoms. The second-order valence-electron chi connectivity index (χ2n) is 7.48. The first-order chi connectivity index (χ1) is 13.2. The summed E-state index contributed by atoms with van der Waals surface area (Å²) in [5.41, 5.74) is 2.36. The van der Waals surface area contributed by atoms with Crippen LogP contribution in [0.15, 0.2) is 36.4 Å². The van der Waals surface area contributed by atoms with Crippen molar-refractivity contribution in [1.82, 2.24) is 4.98 Å². The van der Waals surface area contributed by atoms with Crippen LogP contribution in [0.5, 0.6) is 11.6 Å². The number of hydrogen-bond acceptors (Lipinski definition) is 4. The molecule has 1 aromatic heterocycles. The third-order valence-electron chi connectivity index (χ3n) is 4.68. The Labute approximate surface area is 161 Å². The van der Waals surface area contributed by atoms with E-state index in [0.717, 1.165) is 29.9 Å². The number of benzene rings is 1. The van der Waals surface area contributed by atoms with Gasteiger partial charge in [0.05, 0.1) is 12.3 Å². The Hall–Kier alpha value is -2.36. The van der Waals surface area contributed by atoms with E-state index in [0.29, 0.717) is 42.7 Å². The third kappa shape index (κ3) is 6.09. The Morgan fingerprint density at radius 1 is 1.19 bits per heavy atom. The molecule has 1 aliphatic carbocycles. The predicted octanol–water partition coefficient (Wildman–Crippen LogP) is 5.05. The molecule has 0 bridgehead atoms. The van der Waals surface area contributed by atoms with Crippen molar-refractivity contribution in [3.63, 3.8) is 0 Å². The van der Waals surface area contributed by atoms with Crippen LogP contribution >= 0.6 is 0 Å². The highest BCUT2D eigenvalue weighted by Gasteiger charge is 2.22. The lowest BCUT2D eigenvalue weighted by atomic mass is 10.0. The van der Waals surface area contributed by atoms with Gasteiger partial charge in [0.2, 0.25) is 0 Å². The summed E-state index contributed by atoms with van der Waals surface area (Å²) in [5.74, 6) is 2.25. The molecule has 0 unspecified atom stereocenters. The van der Waals surface area contributed by atoms with Crippen LogP contribution in [0, 0.1) is 18.3 Å². The Morgan fingerprint density at radius 3 is 2.63 bits per heavy atom. The van der Waals surface area contributed by atoms with E-state index in [4.69, 9.17) is 9.47 Å².